The van der Waals surface area contributed by atoms with Gasteiger partial charge < -0.3 is 28.9 Å². The fourth-order valence-electron chi connectivity index (χ4n) is 4.48. The van der Waals surface area contributed by atoms with Crippen LogP contribution in [0.3, 0.4) is 0 Å². The first-order valence-electron chi connectivity index (χ1n) is 13.4. The molecular formula is C32H29NO9. The van der Waals surface area contributed by atoms with E-state index in [1.165, 1.54) is 24.3 Å². The molecular weight excluding hydrogens is 542 g/mol. The van der Waals surface area contributed by atoms with Crippen molar-refractivity contribution in [3.63, 3.8) is 0 Å². The number of benzene rings is 3. The van der Waals surface area contributed by atoms with E-state index in [0.717, 1.165) is 0 Å². The molecule has 0 saturated heterocycles. The Bertz CT molecular complexity index is 1760. The highest BCUT2D eigenvalue weighted by molar-refractivity contribution is 6.07. The van der Waals surface area contributed by atoms with E-state index >= 15 is 0 Å². The van der Waals surface area contributed by atoms with E-state index in [-0.39, 0.29) is 31.0 Å². The molecule has 2 heterocycles. The van der Waals surface area contributed by atoms with E-state index in [4.69, 9.17) is 18.7 Å². The lowest BCUT2D eigenvalue weighted by atomic mass is 9.91. The minimum absolute atomic E-state index is 0.0280. The van der Waals surface area contributed by atoms with Gasteiger partial charge in [0.1, 0.15) is 17.1 Å². The van der Waals surface area contributed by atoms with Gasteiger partial charge in [0.15, 0.2) is 5.43 Å². The second kappa shape index (κ2) is 12.1. The van der Waals surface area contributed by atoms with Gasteiger partial charge in [0.2, 0.25) is 11.8 Å². The highest BCUT2D eigenvalue weighted by Gasteiger charge is 2.23. The number of rotatable bonds is 10. The number of aromatic nitrogens is 1. The normalized spacial score (nSPS) is 11.2. The second-order valence-corrected chi connectivity index (χ2v) is 10.1. The van der Waals surface area contributed by atoms with Gasteiger partial charge in [0.25, 0.3) is 0 Å². The zero-order valence-corrected chi connectivity index (χ0v) is 23.0. The summed E-state index contributed by atoms with van der Waals surface area (Å²) in [6.45, 7) is 4.38. The summed E-state index contributed by atoms with van der Waals surface area (Å²) >= 11 is 0. The molecule has 0 unspecified atom stereocenters. The van der Waals surface area contributed by atoms with Gasteiger partial charge in [-0.2, -0.15) is 0 Å². The molecule has 0 amide bonds. The Labute approximate surface area is 240 Å². The summed E-state index contributed by atoms with van der Waals surface area (Å²) in [6.07, 6.45) is 0.269. The van der Waals surface area contributed by atoms with Gasteiger partial charge in [-0.3, -0.25) is 4.79 Å². The van der Waals surface area contributed by atoms with Gasteiger partial charge in [-0.25, -0.2) is 9.59 Å². The molecule has 2 aliphatic rings. The van der Waals surface area contributed by atoms with Crippen molar-refractivity contribution in [2.75, 3.05) is 13.2 Å². The Morgan fingerprint density at radius 2 is 1.69 bits per heavy atom. The number of hydrogen-bond acceptors (Lipinski definition) is 9. The predicted octanol–water partition coefficient (Wildman–Crippen LogP) is 5.40. The first-order valence-corrected chi connectivity index (χ1v) is 13.4. The summed E-state index contributed by atoms with van der Waals surface area (Å²) in [6, 6.07) is 19.3. The minimum Gasteiger partial charge on any atom is -0.493 e. The molecule has 1 aliphatic heterocycles. The molecule has 5 rings (SSSR count). The van der Waals surface area contributed by atoms with Crippen molar-refractivity contribution < 1.29 is 38.5 Å². The summed E-state index contributed by atoms with van der Waals surface area (Å²) in [5.74, 6) is -0.906. The van der Waals surface area contributed by atoms with Gasteiger partial charge in [-0.05, 0) is 48.2 Å². The molecule has 10 nitrogen and oxygen atoms in total. The highest BCUT2D eigenvalue weighted by atomic mass is 16.7. The molecule has 10 heteroatoms. The Morgan fingerprint density at radius 3 is 2.45 bits per heavy atom. The van der Waals surface area contributed by atoms with Gasteiger partial charge in [-0.15, -0.1) is 4.73 Å². The fraction of sp³-hybridized carbons (Fsp3) is 0.219. The first-order chi connectivity index (χ1) is 20.2. The van der Waals surface area contributed by atoms with E-state index in [9.17, 15) is 24.6 Å². The molecule has 0 fully saturated rings. The molecule has 0 spiro atoms. The molecule has 0 atom stereocenters. The molecule has 0 saturated carbocycles. The van der Waals surface area contributed by atoms with Crippen LogP contribution in [0.1, 0.15) is 37.0 Å². The van der Waals surface area contributed by atoms with E-state index < -0.39 is 23.7 Å². The number of fused-ring (bicyclic) bond motifs is 2. The molecule has 3 aromatic rings. The molecule has 0 bridgehead atoms. The molecule has 2 aromatic carbocycles. The third-order valence-electron chi connectivity index (χ3n) is 6.41. The summed E-state index contributed by atoms with van der Waals surface area (Å²) in [4.78, 5) is 42.3. The van der Waals surface area contributed by atoms with Crippen molar-refractivity contribution >= 4 is 22.9 Å². The van der Waals surface area contributed by atoms with Crippen molar-refractivity contribution in [2.45, 2.75) is 26.7 Å². The van der Waals surface area contributed by atoms with Crippen molar-refractivity contribution in [1.82, 2.24) is 4.73 Å². The number of esters is 1. The largest absolute Gasteiger partial charge is 0.493 e. The molecule has 42 heavy (non-hydrogen) atoms. The van der Waals surface area contributed by atoms with Crippen LogP contribution in [0.2, 0.25) is 0 Å². The Kier molecular flexibility index (Phi) is 8.14. The highest BCUT2D eigenvalue weighted by Crippen LogP contribution is 2.42. The lowest BCUT2D eigenvalue weighted by Crippen LogP contribution is -2.19. The zero-order chi connectivity index (χ0) is 29.8. The Balaban J connectivity index is 1.41. The first kappa shape index (κ1) is 28.3. The number of carbonyl (C=O) groups is 2. The van der Waals surface area contributed by atoms with Crippen molar-refractivity contribution in [1.29, 1.82) is 0 Å². The van der Waals surface area contributed by atoms with Crippen LogP contribution in [0.25, 0.3) is 33.4 Å². The van der Waals surface area contributed by atoms with Gasteiger partial charge >= 0.3 is 11.9 Å². The van der Waals surface area contributed by atoms with Crippen molar-refractivity contribution in [2.24, 2.45) is 5.92 Å². The minimum atomic E-state index is -0.663. The fourth-order valence-corrected chi connectivity index (χ4v) is 4.48. The van der Waals surface area contributed by atoms with Gasteiger partial charge in [0, 0.05) is 40.8 Å². The number of aromatic hydroxyl groups is 2. The predicted molar refractivity (Wildman–Crippen MR) is 154 cm³/mol. The quantitative estimate of drug-likeness (QED) is 0.128. The number of hydrogen-bond donors (Lipinski definition) is 2. The molecule has 1 aromatic heterocycles. The van der Waals surface area contributed by atoms with Crippen LogP contribution < -0.4 is 15.0 Å². The van der Waals surface area contributed by atoms with Crippen LogP contribution in [-0.2, 0) is 9.53 Å². The van der Waals surface area contributed by atoms with Crippen LogP contribution >= 0.6 is 0 Å². The van der Waals surface area contributed by atoms with Crippen molar-refractivity contribution in [3.8, 4) is 40.0 Å². The number of ether oxygens (including phenoxy) is 2. The van der Waals surface area contributed by atoms with Crippen LogP contribution in [-0.4, -0.2) is 40.1 Å². The van der Waals surface area contributed by atoms with E-state index in [1.807, 2.05) is 32.0 Å². The SMILES string of the molecule is CC(C)COC(=O)c1ccccc1-c1c2ccc(=O)cc-2oc2cc(OCCCC(=O)On3c(O)ccc3O)ccc12. The third-order valence-corrected chi connectivity index (χ3v) is 6.41. The van der Waals surface area contributed by atoms with E-state index in [1.54, 1.807) is 30.3 Å². The second-order valence-electron chi connectivity index (χ2n) is 10.1. The Morgan fingerprint density at radius 1 is 0.929 bits per heavy atom. The lowest BCUT2D eigenvalue weighted by Gasteiger charge is -2.18. The van der Waals surface area contributed by atoms with Crippen LogP contribution in [0, 0.1) is 5.92 Å². The van der Waals surface area contributed by atoms with Crippen molar-refractivity contribution in [3.05, 3.63) is 88.6 Å². The average Bonchev–Trinajstić information content (AvgIpc) is 3.28. The van der Waals surface area contributed by atoms with E-state index in [0.29, 0.717) is 55.9 Å². The number of carbonyl (C=O) groups excluding carboxylic acids is 2. The maximum atomic E-state index is 13.1. The molecule has 0 radical (unpaired) electrons. The van der Waals surface area contributed by atoms with Gasteiger partial charge in [0.05, 0.1) is 25.2 Å². The average molecular weight is 572 g/mol. The lowest BCUT2D eigenvalue weighted by molar-refractivity contribution is -0.145. The monoisotopic (exact) mass is 571 g/mol. The zero-order valence-electron chi connectivity index (χ0n) is 23.0. The maximum Gasteiger partial charge on any atom is 0.338 e. The third kappa shape index (κ3) is 6.07. The number of nitrogens with zero attached hydrogens (tertiary/aromatic N) is 1. The molecule has 216 valence electrons. The van der Waals surface area contributed by atoms with Crippen LogP contribution in [0.4, 0.5) is 0 Å². The summed E-state index contributed by atoms with van der Waals surface area (Å²) in [5.41, 5.74) is 2.63. The maximum absolute atomic E-state index is 13.1. The van der Waals surface area contributed by atoms with Crippen LogP contribution in [0.5, 0.6) is 17.5 Å². The van der Waals surface area contributed by atoms with Gasteiger partial charge in [-0.1, -0.05) is 32.0 Å². The van der Waals surface area contributed by atoms with Crippen LogP contribution in [0.15, 0.2) is 82.0 Å². The van der Waals surface area contributed by atoms with E-state index in [2.05, 4.69) is 0 Å². The standard InChI is InChI=1S/C32H29NO9/c1-19(2)18-40-32(38)23-7-4-3-6-22(23)31-24-11-9-20(34)16-26(24)41-27-17-21(10-12-25(27)31)39-15-5-8-30(37)42-33-28(35)13-14-29(33)36/h3-4,6-7,9-14,16-17,19,35-36H,5,8,15,18H2,1-2H3. The molecule has 1 aliphatic carbocycles. The topological polar surface area (TPSA) is 137 Å². The summed E-state index contributed by atoms with van der Waals surface area (Å²) in [7, 11) is 0. The summed E-state index contributed by atoms with van der Waals surface area (Å²) in [5, 5.41) is 19.9. The smallest absolute Gasteiger partial charge is 0.338 e. The summed E-state index contributed by atoms with van der Waals surface area (Å²) < 4.78 is 18.1. The Hall–Kier alpha value is -5.25. The molecule has 2 N–H and O–H groups in total.